The number of amides is 1. The van der Waals surface area contributed by atoms with E-state index in [0.717, 1.165) is 36.1 Å². The number of methoxy groups -OCH3 is 1. The molecule has 32 heavy (non-hydrogen) atoms. The minimum atomic E-state index is -0.668. The summed E-state index contributed by atoms with van der Waals surface area (Å²) in [6, 6.07) is 13.7. The number of likely N-dealkylation sites (tertiary alicyclic amines) is 1. The number of carbonyl (C=O) groups is 2. The normalized spacial score (nSPS) is 17.9. The predicted octanol–water partition coefficient (Wildman–Crippen LogP) is 4.61. The van der Waals surface area contributed by atoms with Gasteiger partial charge in [-0.05, 0) is 55.9 Å². The van der Waals surface area contributed by atoms with Crippen molar-refractivity contribution in [2.75, 3.05) is 33.3 Å². The van der Waals surface area contributed by atoms with Crippen LogP contribution >= 0.6 is 15.9 Å². The molecule has 1 heterocycles. The summed E-state index contributed by atoms with van der Waals surface area (Å²) in [5.74, 6) is -0.892. The number of halogens is 1. The first kappa shape index (κ1) is 24.0. The summed E-state index contributed by atoms with van der Waals surface area (Å²) >= 11 is 3.48. The van der Waals surface area contributed by atoms with Gasteiger partial charge in [0.05, 0.1) is 18.7 Å². The smallest absolute Gasteiger partial charge is 0.295 e. The van der Waals surface area contributed by atoms with Gasteiger partial charge in [0.1, 0.15) is 11.5 Å². The van der Waals surface area contributed by atoms with Gasteiger partial charge in [-0.25, -0.2) is 0 Å². The van der Waals surface area contributed by atoms with E-state index in [1.165, 1.54) is 7.11 Å². The van der Waals surface area contributed by atoms with E-state index in [1.807, 2.05) is 24.3 Å². The molecule has 0 bridgehead atoms. The van der Waals surface area contributed by atoms with E-state index in [1.54, 1.807) is 29.2 Å². The van der Waals surface area contributed by atoms with Crippen molar-refractivity contribution in [3.05, 3.63) is 69.7 Å². The van der Waals surface area contributed by atoms with Gasteiger partial charge in [0.15, 0.2) is 0 Å². The summed E-state index contributed by atoms with van der Waals surface area (Å²) in [5, 5.41) is 11.1. The van der Waals surface area contributed by atoms with E-state index in [-0.39, 0.29) is 11.3 Å². The van der Waals surface area contributed by atoms with Crippen LogP contribution in [0, 0.1) is 0 Å². The van der Waals surface area contributed by atoms with Gasteiger partial charge in [0.25, 0.3) is 11.7 Å². The number of ketones is 1. The van der Waals surface area contributed by atoms with Gasteiger partial charge < -0.3 is 19.6 Å². The van der Waals surface area contributed by atoms with Crippen molar-refractivity contribution in [2.45, 2.75) is 26.3 Å². The third-order valence-electron chi connectivity index (χ3n) is 5.82. The van der Waals surface area contributed by atoms with Gasteiger partial charge in [-0.1, -0.05) is 54.0 Å². The fourth-order valence-electron chi connectivity index (χ4n) is 4.06. The second-order valence-electron chi connectivity index (χ2n) is 7.66. The average molecular weight is 501 g/mol. The monoisotopic (exact) mass is 500 g/mol. The molecule has 170 valence electrons. The highest BCUT2D eigenvalue weighted by Crippen LogP contribution is 2.40. The second kappa shape index (κ2) is 10.8. The third kappa shape index (κ3) is 5.05. The Morgan fingerprint density at radius 1 is 1.12 bits per heavy atom. The number of aliphatic hydroxyl groups excluding tert-OH is 1. The fourth-order valence-corrected chi connectivity index (χ4v) is 4.48. The first-order valence-electron chi connectivity index (χ1n) is 10.8. The fraction of sp³-hybridized carbons (Fsp3) is 0.360. The van der Waals surface area contributed by atoms with Crippen LogP contribution in [0.15, 0.2) is 58.6 Å². The third-order valence-corrected chi connectivity index (χ3v) is 6.31. The molecule has 7 heteroatoms. The summed E-state index contributed by atoms with van der Waals surface area (Å²) in [7, 11) is 1.54. The van der Waals surface area contributed by atoms with Crippen molar-refractivity contribution >= 4 is 33.4 Å². The van der Waals surface area contributed by atoms with E-state index in [4.69, 9.17) is 4.74 Å². The topological polar surface area (TPSA) is 70.1 Å². The van der Waals surface area contributed by atoms with Crippen LogP contribution in [-0.2, 0) is 9.59 Å². The molecule has 0 spiro atoms. The zero-order valence-electron chi connectivity index (χ0n) is 18.7. The van der Waals surface area contributed by atoms with Crippen molar-refractivity contribution in [1.82, 2.24) is 9.80 Å². The highest BCUT2D eigenvalue weighted by atomic mass is 79.9. The maximum atomic E-state index is 13.1. The van der Waals surface area contributed by atoms with E-state index < -0.39 is 17.7 Å². The summed E-state index contributed by atoms with van der Waals surface area (Å²) < 4.78 is 6.09. The van der Waals surface area contributed by atoms with Gasteiger partial charge >= 0.3 is 0 Å². The molecule has 0 unspecified atom stereocenters. The number of nitrogens with zero attached hydrogens (tertiary/aromatic N) is 2. The number of Topliss-reactive ketones (excluding diaryl/α,β-unsaturated/α-hetero) is 1. The Balaban J connectivity index is 2.04. The molecule has 1 saturated heterocycles. The number of hydrogen-bond donors (Lipinski definition) is 1. The van der Waals surface area contributed by atoms with Crippen LogP contribution in [0.2, 0.25) is 0 Å². The van der Waals surface area contributed by atoms with E-state index >= 15 is 0 Å². The molecule has 1 aliphatic rings. The Labute approximate surface area is 197 Å². The molecular weight excluding hydrogens is 472 g/mol. The zero-order chi connectivity index (χ0) is 23.3. The van der Waals surface area contributed by atoms with Crippen LogP contribution in [0.25, 0.3) is 5.76 Å². The molecule has 0 radical (unpaired) electrons. The van der Waals surface area contributed by atoms with Crippen LogP contribution in [0.1, 0.15) is 37.4 Å². The maximum absolute atomic E-state index is 13.1. The van der Waals surface area contributed by atoms with Gasteiger partial charge in [-0.15, -0.1) is 0 Å². The van der Waals surface area contributed by atoms with Crippen molar-refractivity contribution in [2.24, 2.45) is 0 Å². The molecule has 2 aromatic carbocycles. The summed E-state index contributed by atoms with van der Waals surface area (Å²) in [6.45, 7) is 7.32. The Kier molecular flexibility index (Phi) is 8.10. The minimum Gasteiger partial charge on any atom is -0.507 e. The number of carbonyl (C=O) groups excluding carboxylic acids is 2. The Hall–Kier alpha value is -2.64. The second-order valence-corrected chi connectivity index (χ2v) is 8.58. The molecule has 3 rings (SSSR count). The Morgan fingerprint density at radius 3 is 2.50 bits per heavy atom. The molecule has 0 saturated carbocycles. The van der Waals surface area contributed by atoms with Crippen molar-refractivity contribution in [3.63, 3.8) is 0 Å². The summed E-state index contributed by atoms with van der Waals surface area (Å²) in [4.78, 5) is 30.0. The first-order valence-corrected chi connectivity index (χ1v) is 11.6. The number of benzene rings is 2. The molecule has 1 aliphatic heterocycles. The van der Waals surface area contributed by atoms with E-state index in [2.05, 4.69) is 34.7 Å². The standard InChI is InChI=1S/C25H29BrN2O4/c1-4-27(5-2)13-8-14-28-22(17-9-6-11-19(26)15-17)21(24(30)25(28)31)23(29)18-10-7-12-20(16-18)32-3/h6-7,9-12,15-16,22,29H,4-5,8,13-14H2,1-3H3/b23-21+/t22-/m1/s1. The highest BCUT2D eigenvalue weighted by molar-refractivity contribution is 9.10. The molecule has 6 nitrogen and oxygen atoms in total. The lowest BCUT2D eigenvalue weighted by Crippen LogP contribution is -2.33. The van der Waals surface area contributed by atoms with Crippen LogP contribution < -0.4 is 4.74 Å². The number of aliphatic hydroxyl groups is 1. The Morgan fingerprint density at radius 2 is 1.84 bits per heavy atom. The average Bonchev–Trinajstić information content (AvgIpc) is 3.06. The van der Waals surface area contributed by atoms with Crippen molar-refractivity contribution < 1.29 is 19.4 Å². The predicted molar refractivity (Wildman–Crippen MR) is 129 cm³/mol. The number of rotatable bonds is 9. The minimum absolute atomic E-state index is 0.101. The largest absolute Gasteiger partial charge is 0.507 e. The molecular formula is C25H29BrN2O4. The van der Waals surface area contributed by atoms with Gasteiger partial charge in [0.2, 0.25) is 0 Å². The quantitative estimate of drug-likeness (QED) is 0.309. The molecule has 2 aromatic rings. The van der Waals surface area contributed by atoms with Crippen LogP contribution in [0.5, 0.6) is 5.75 Å². The van der Waals surface area contributed by atoms with E-state index in [9.17, 15) is 14.7 Å². The number of ether oxygens (including phenoxy) is 1. The molecule has 1 fully saturated rings. The molecule has 0 aromatic heterocycles. The van der Waals surface area contributed by atoms with Crippen molar-refractivity contribution in [3.8, 4) is 5.75 Å². The van der Waals surface area contributed by atoms with Crippen molar-refractivity contribution in [1.29, 1.82) is 0 Å². The molecule has 1 atom stereocenters. The lowest BCUT2D eigenvalue weighted by atomic mass is 9.95. The lowest BCUT2D eigenvalue weighted by molar-refractivity contribution is -0.140. The summed E-state index contributed by atoms with van der Waals surface area (Å²) in [5.41, 5.74) is 1.31. The highest BCUT2D eigenvalue weighted by Gasteiger charge is 2.45. The maximum Gasteiger partial charge on any atom is 0.295 e. The van der Waals surface area contributed by atoms with Crippen LogP contribution in [0.4, 0.5) is 0 Å². The van der Waals surface area contributed by atoms with E-state index in [0.29, 0.717) is 17.9 Å². The number of hydrogen-bond acceptors (Lipinski definition) is 5. The Bertz CT molecular complexity index is 1020. The van der Waals surface area contributed by atoms with Crippen LogP contribution in [0.3, 0.4) is 0 Å². The lowest BCUT2D eigenvalue weighted by Gasteiger charge is -2.27. The van der Waals surface area contributed by atoms with Gasteiger partial charge in [-0.2, -0.15) is 0 Å². The molecule has 0 aliphatic carbocycles. The first-order chi connectivity index (χ1) is 15.4. The van der Waals surface area contributed by atoms with Gasteiger partial charge in [0, 0.05) is 16.6 Å². The van der Waals surface area contributed by atoms with Gasteiger partial charge in [-0.3, -0.25) is 9.59 Å². The SMILES string of the molecule is CCN(CC)CCCN1C(=O)C(=O)/C(=C(/O)c2cccc(OC)c2)[C@H]1c1cccc(Br)c1. The zero-order valence-corrected chi connectivity index (χ0v) is 20.3. The molecule has 1 N–H and O–H groups in total. The summed E-state index contributed by atoms with van der Waals surface area (Å²) in [6.07, 6.45) is 0.735. The molecule has 1 amide bonds. The van der Waals surface area contributed by atoms with Crippen LogP contribution in [-0.4, -0.2) is 59.9 Å².